The molecule has 0 saturated carbocycles. The van der Waals surface area contributed by atoms with Gasteiger partial charge in [0.1, 0.15) is 0 Å². The zero-order chi connectivity index (χ0) is 10.5. The van der Waals surface area contributed by atoms with Gasteiger partial charge in [-0.15, -0.1) is 11.8 Å². The van der Waals surface area contributed by atoms with Gasteiger partial charge in [0, 0.05) is 17.1 Å². The Labute approximate surface area is 95.0 Å². The number of hydrogen-bond acceptors (Lipinski definition) is 3. The molecule has 82 valence electrons. The normalized spacial score (nSPS) is 17.1. The molecule has 0 spiro atoms. The Morgan fingerprint density at radius 1 is 1.27 bits per heavy atom. The fourth-order valence-electron chi connectivity index (χ4n) is 1.56. The Balaban J connectivity index is 1.75. The zero-order valence-corrected chi connectivity index (χ0v) is 9.76. The topological polar surface area (TPSA) is 18.5 Å². The van der Waals surface area contributed by atoms with Crippen molar-refractivity contribution in [1.82, 2.24) is 0 Å². The maximum Gasteiger partial charge on any atom is 0.158 e. The summed E-state index contributed by atoms with van der Waals surface area (Å²) in [6, 6.07) is 8.46. The minimum atomic E-state index is 0.0292. The molecule has 2 rings (SSSR count). The van der Waals surface area contributed by atoms with Gasteiger partial charge in [-0.25, -0.2) is 0 Å². The van der Waals surface area contributed by atoms with E-state index in [9.17, 15) is 0 Å². The molecule has 0 bridgehead atoms. The molecule has 0 aliphatic carbocycles. The smallest absolute Gasteiger partial charge is 0.158 e. The average Bonchev–Trinajstić information content (AvgIpc) is 2.74. The number of aryl methyl sites for hydroxylation is 1. The molecular weight excluding hydrogens is 208 g/mol. The summed E-state index contributed by atoms with van der Waals surface area (Å²) in [6.45, 7) is 3.64. The van der Waals surface area contributed by atoms with E-state index < -0.39 is 0 Å². The molecule has 0 atom stereocenters. The SMILES string of the molecule is Cc1ccccc1SCCC1OCCO1. The highest BCUT2D eigenvalue weighted by molar-refractivity contribution is 7.99. The number of ether oxygens (including phenoxy) is 2. The van der Waals surface area contributed by atoms with Crippen LogP contribution in [0.15, 0.2) is 29.2 Å². The van der Waals surface area contributed by atoms with Crippen LogP contribution >= 0.6 is 11.8 Å². The first kappa shape index (κ1) is 11.0. The first-order chi connectivity index (χ1) is 7.36. The third kappa shape index (κ3) is 3.23. The molecule has 1 fully saturated rings. The van der Waals surface area contributed by atoms with Gasteiger partial charge in [0.15, 0.2) is 6.29 Å². The summed E-state index contributed by atoms with van der Waals surface area (Å²) in [5.74, 6) is 1.05. The molecule has 1 aliphatic rings. The molecule has 0 radical (unpaired) electrons. The number of rotatable bonds is 4. The predicted molar refractivity (Wildman–Crippen MR) is 62.2 cm³/mol. The van der Waals surface area contributed by atoms with Crippen molar-refractivity contribution in [2.75, 3.05) is 19.0 Å². The molecule has 1 heterocycles. The molecule has 2 nitrogen and oxygen atoms in total. The fraction of sp³-hybridized carbons (Fsp3) is 0.500. The van der Waals surface area contributed by atoms with Gasteiger partial charge in [-0.2, -0.15) is 0 Å². The van der Waals surface area contributed by atoms with Gasteiger partial charge in [0.2, 0.25) is 0 Å². The summed E-state index contributed by atoms with van der Waals surface area (Å²) < 4.78 is 10.8. The first-order valence-electron chi connectivity index (χ1n) is 5.28. The van der Waals surface area contributed by atoms with Gasteiger partial charge >= 0.3 is 0 Å². The van der Waals surface area contributed by atoms with E-state index in [4.69, 9.17) is 9.47 Å². The van der Waals surface area contributed by atoms with E-state index in [0.717, 1.165) is 25.4 Å². The van der Waals surface area contributed by atoms with Gasteiger partial charge in [-0.1, -0.05) is 18.2 Å². The molecule has 0 aromatic heterocycles. The number of benzene rings is 1. The number of hydrogen-bond donors (Lipinski definition) is 0. The lowest BCUT2D eigenvalue weighted by atomic mass is 10.2. The molecule has 15 heavy (non-hydrogen) atoms. The largest absolute Gasteiger partial charge is 0.350 e. The quantitative estimate of drug-likeness (QED) is 0.733. The highest BCUT2D eigenvalue weighted by Gasteiger charge is 2.15. The van der Waals surface area contributed by atoms with Gasteiger partial charge in [-0.05, 0) is 18.6 Å². The van der Waals surface area contributed by atoms with Crippen molar-refractivity contribution in [3.63, 3.8) is 0 Å². The summed E-state index contributed by atoms with van der Waals surface area (Å²) >= 11 is 1.87. The minimum absolute atomic E-state index is 0.0292. The Morgan fingerprint density at radius 2 is 2.00 bits per heavy atom. The maximum atomic E-state index is 5.39. The van der Waals surface area contributed by atoms with Crippen LogP contribution in [0.4, 0.5) is 0 Å². The second kappa shape index (κ2) is 5.54. The predicted octanol–water partition coefficient (Wildman–Crippen LogP) is 2.85. The monoisotopic (exact) mass is 224 g/mol. The van der Waals surface area contributed by atoms with Crippen LogP contribution in [0.25, 0.3) is 0 Å². The zero-order valence-electron chi connectivity index (χ0n) is 8.94. The molecule has 1 aliphatic heterocycles. The van der Waals surface area contributed by atoms with Crippen molar-refractivity contribution in [2.45, 2.75) is 24.5 Å². The second-order valence-corrected chi connectivity index (χ2v) is 4.71. The van der Waals surface area contributed by atoms with Crippen molar-refractivity contribution < 1.29 is 9.47 Å². The van der Waals surface area contributed by atoms with E-state index in [1.165, 1.54) is 10.5 Å². The van der Waals surface area contributed by atoms with E-state index in [1.54, 1.807) is 0 Å². The van der Waals surface area contributed by atoms with Crippen molar-refractivity contribution in [1.29, 1.82) is 0 Å². The van der Waals surface area contributed by atoms with Gasteiger partial charge in [-0.3, -0.25) is 0 Å². The molecule has 1 aromatic carbocycles. The maximum absolute atomic E-state index is 5.39. The summed E-state index contributed by atoms with van der Waals surface area (Å²) in [4.78, 5) is 1.36. The van der Waals surface area contributed by atoms with Crippen molar-refractivity contribution >= 4 is 11.8 Å². The van der Waals surface area contributed by atoms with Crippen LogP contribution in [-0.2, 0) is 9.47 Å². The summed E-state index contributed by atoms with van der Waals surface area (Å²) in [7, 11) is 0. The van der Waals surface area contributed by atoms with Crippen molar-refractivity contribution in [3.8, 4) is 0 Å². The summed E-state index contributed by atoms with van der Waals surface area (Å²) in [6.07, 6.45) is 1.00. The molecule has 3 heteroatoms. The molecule has 0 unspecified atom stereocenters. The average molecular weight is 224 g/mol. The summed E-state index contributed by atoms with van der Waals surface area (Å²) in [5.41, 5.74) is 1.34. The number of thioether (sulfide) groups is 1. The third-order valence-corrected chi connectivity index (χ3v) is 3.60. The second-order valence-electron chi connectivity index (χ2n) is 3.57. The van der Waals surface area contributed by atoms with Crippen molar-refractivity contribution in [2.24, 2.45) is 0 Å². The Kier molecular flexibility index (Phi) is 4.06. The van der Waals surface area contributed by atoms with E-state index >= 15 is 0 Å². The fourth-order valence-corrected chi connectivity index (χ4v) is 2.56. The third-order valence-electron chi connectivity index (χ3n) is 2.40. The molecule has 1 saturated heterocycles. The van der Waals surface area contributed by atoms with Crippen LogP contribution in [0.2, 0.25) is 0 Å². The Morgan fingerprint density at radius 3 is 2.73 bits per heavy atom. The van der Waals surface area contributed by atoms with Crippen LogP contribution < -0.4 is 0 Å². The first-order valence-corrected chi connectivity index (χ1v) is 6.26. The van der Waals surface area contributed by atoms with Gasteiger partial charge < -0.3 is 9.47 Å². The molecular formula is C12H16O2S. The highest BCUT2D eigenvalue weighted by Crippen LogP contribution is 2.23. The lowest BCUT2D eigenvalue weighted by molar-refractivity contribution is -0.0421. The Hall–Kier alpha value is -0.510. The molecule has 1 aromatic rings. The molecule has 0 N–H and O–H groups in total. The standard InChI is InChI=1S/C12H16O2S/c1-10-4-2-3-5-11(10)15-9-6-12-13-7-8-14-12/h2-5,12H,6-9H2,1H3. The highest BCUT2D eigenvalue weighted by atomic mass is 32.2. The van der Waals surface area contributed by atoms with E-state index in [1.807, 2.05) is 11.8 Å². The van der Waals surface area contributed by atoms with Crippen LogP contribution in [0.5, 0.6) is 0 Å². The van der Waals surface area contributed by atoms with Gasteiger partial charge in [0.25, 0.3) is 0 Å². The Bertz CT molecular complexity index is 308. The van der Waals surface area contributed by atoms with Crippen LogP contribution in [-0.4, -0.2) is 25.3 Å². The van der Waals surface area contributed by atoms with Crippen LogP contribution in [0.1, 0.15) is 12.0 Å². The van der Waals surface area contributed by atoms with Gasteiger partial charge in [0.05, 0.1) is 13.2 Å². The lowest BCUT2D eigenvalue weighted by Crippen LogP contribution is -2.08. The minimum Gasteiger partial charge on any atom is -0.350 e. The van der Waals surface area contributed by atoms with Crippen LogP contribution in [0.3, 0.4) is 0 Å². The van der Waals surface area contributed by atoms with E-state index in [2.05, 4.69) is 31.2 Å². The van der Waals surface area contributed by atoms with E-state index in [0.29, 0.717) is 0 Å². The summed E-state index contributed by atoms with van der Waals surface area (Å²) in [5, 5.41) is 0. The lowest BCUT2D eigenvalue weighted by Gasteiger charge is -2.09. The van der Waals surface area contributed by atoms with Crippen LogP contribution in [0, 0.1) is 6.92 Å². The van der Waals surface area contributed by atoms with E-state index in [-0.39, 0.29) is 6.29 Å². The molecule has 0 amide bonds. The van der Waals surface area contributed by atoms with Crippen molar-refractivity contribution in [3.05, 3.63) is 29.8 Å².